The summed E-state index contributed by atoms with van der Waals surface area (Å²) in [6.45, 7) is 0.593. The van der Waals surface area contributed by atoms with E-state index in [0.29, 0.717) is 6.54 Å². The third-order valence-corrected chi connectivity index (χ3v) is 4.50. The number of benzene rings is 2. The van der Waals surface area contributed by atoms with Crippen LogP contribution in [0.3, 0.4) is 0 Å². The fraction of sp³-hybridized carbons (Fsp3) is 0.0476. The second kappa shape index (κ2) is 6.04. The van der Waals surface area contributed by atoms with E-state index in [2.05, 4.69) is 57.9 Å². The summed E-state index contributed by atoms with van der Waals surface area (Å²) in [4.78, 5) is 4.57. The average Bonchev–Trinajstić information content (AvgIpc) is 3.36. The second-order valence-corrected chi connectivity index (χ2v) is 6.08. The topological polar surface area (TPSA) is 55.4 Å². The van der Waals surface area contributed by atoms with Crippen molar-refractivity contribution in [1.82, 2.24) is 14.6 Å². The summed E-state index contributed by atoms with van der Waals surface area (Å²) < 4.78 is 7.22. The summed E-state index contributed by atoms with van der Waals surface area (Å²) in [6, 6.07) is 20.4. The van der Waals surface area contributed by atoms with Crippen molar-refractivity contribution in [2.75, 3.05) is 5.32 Å². The molecule has 0 spiro atoms. The zero-order valence-corrected chi connectivity index (χ0v) is 14.0. The molecule has 2 aromatic carbocycles. The first kappa shape index (κ1) is 14.7. The molecule has 0 fully saturated rings. The molecular formula is C21H16N4O. The van der Waals surface area contributed by atoms with Gasteiger partial charge >= 0.3 is 0 Å². The van der Waals surface area contributed by atoms with E-state index in [9.17, 15) is 0 Å². The van der Waals surface area contributed by atoms with E-state index in [0.717, 1.165) is 28.4 Å². The van der Waals surface area contributed by atoms with Crippen LogP contribution >= 0.6 is 0 Å². The van der Waals surface area contributed by atoms with Gasteiger partial charge in [-0.2, -0.15) is 9.61 Å². The Kier molecular flexibility index (Phi) is 3.42. The van der Waals surface area contributed by atoms with Gasteiger partial charge in [-0.25, -0.2) is 4.98 Å². The molecule has 0 bridgehead atoms. The zero-order chi connectivity index (χ0) is 17.3. The Morgan fingerprint density at radius 3 is 2.77 bits per heavy atom. The SMILES string of the molecule is c1coc(CNc2ccnc3c(-c4cccc5ccccc45)cnn23)c1. The summed E-state index contributed by atoms with van der Waals surface area (Å²) in [7, 11) is 0. The van der Waals surface area contributed by atoms with Crippen LogP contribution in [-0.4, -0.2) is 14.6 Å². The number of nitrogens with one attached hydrogen (secondary N) is 1. The van der Waals surface area contributed by atoms with Gasteiger partial charge in [0.1, 0.15) is 11.6 Å². The molecule has 0 radical (unpaired) electrons. The highest BCUT2D eigenvalue weighted by Gasteiger charge is 2.13. The minimum absolute atomic E-state index is 0.593. The molecule has 0 aliphatic carbocycles. The van der Waals surface area contributed by atoms with E-state index in [4.69, 9.17) is 4.42 Å². The van der Waals surface area contributed by atoms with Crippen molar-refractivity contribution < 1.29 is 4.42 Å². The van der Waals surface area contributed by atoms with Crippen LogP contribution < -0.4 is 5.32 Å². The Hall–Kier alpha value is -3.60. The summed E-state index contributed by atoms with van der Waals surface area (Å²) in [5, 5.41) is 10.3. The standard InChI is InChI=1S/C21H16N4O/c1-2-8-17-15(5-1)6-3-9-18(17)19-14-24-25-20(10-11-22-21(19)25)23-13-16-7-4-12-26-16/h1-12,14,23H,13H2. The van der Waals surface area contributed by atoms with Crippen molar-refractivity contribution in [2.24, 2.45) is 0 Å². The normalized spacial score (nSPS) is 11.2. The van der Waals surface area contributed by atoms with E-state index in [1.807, 2.05) is 28.9 Å². The van der Waals surface area contributed by atoms with E-state index in [-0.39, 0.29) is 0 Å². The molecule has 0 amide bonds. The molecule has 0 aliphatic rings. The van der Waals surface area contributed by atoms with Crippen LogP contribution in [0.1, 0.15) is 5.76 Å². The van der Waals surface area contributed by atoms with Crippen molar-refractivity contribution in [2.45, 2.75) is 6.54 Å². The minimum Gasteiger partial charge on any atom is -0.467 e. The predicted molar refractivity (Wildman–Crippen MR) is 102 cm³/mol. The van der Waals surface area contributed by atoms with Gasteiger partial charge in [-0.3, -0.25) is 0 Å². The maximum absolute atomic E-state index is 5.38. The highest BCUT2D eigenvalue weighted by atomic mass is 16.3. The average molecular weight is 340 g/mol. The molecule has 0 saturated carbocycles. The highest BCUT2D eigenvalue weighted by Crippen LogP contribution is 2.31. The first-order chi connectivity index (χ1) is 12.9. The fourth-order valence-corrected chi connectivity index (χ4v) is 3.27. The lowest BCUT2D eigenvalue weighted by Crippen LogP contribution is -2.05. The van der Waals surface area contributed by atoms with Gasteiger partial charge in [-0.1, -0.05) is 42.5 Å². The van der Waals surface area contributed by atoms with Crippen LogP contribution in [-0.2, 0) is 6.54 Å². The van der Waals surface area contributed by atoms with Gasteiger partial charge < -0.3 is 9.73 Å². The van der Waals surface area contributed by atoms with Crippen molar-refractivity contribution in [3.8, 4) is 11.1 Å². The maximum atomic E-state index is 5.38. The number of fused-ring (bicyclic) bond motifs is 2. The first-order valence-corrected chi connectivity index (χ1v) is 8.47. The molecule has 0 atom stereocenters. The Labute approximate surface area is 149 Å². The molecule has 26 heavy (non-hydrogen) atoms. The van der Waals surface area contributed by atoms with Crippen LogP contribution in [0.5, 0.6) is 0 Å². The third-order valence-electron chi connectivity index (χ3n) is 4.50. The number of rotatable bonds is 4. The monoisotopic (exact) mass is 340 g/mol. The lowest BCUT2D eigenvalue weighted by atomic mass is 10.0. The minimum atomic E-state index is 0.593. The first-order valence-electron chi connectivity index (χ1n) is 8.47. The van der Waals surface area contributed by atoms with Crippen molar-refractivity contribution in [3.05, 3.63) is 85.1 Å². The lowest BCUT2D eigenvalue weighted by molar-refractivity contribution is 0.517. The number of anilines is 1. The fourth-order valence-electron chi connectivity index (χ4n) is 3.27. The van der Waals surface area contributed by atoms with Crippen molar-refractivity contribution >= 4 is 22.2 Å². The smallest absolute Gasteiger partial charge is 0.165 e. The van der Waals surface area contributed by atoms with Crippen LogP contribution in [0.4, 0.5) is 5.82 Å². The van der Waals surface area contributed by atoms with Gasteiger partial charge in [0.05, 0.1) is 19.0 Å². The summed E-state index contributed by atoms with van der Waals surface area (Å²) in [6.07, 6.45) is 5.35. The van der Waals surface area contributed by atoms with Crippen LogP contribution in [0.15, 0.2) is 83.7 Å². The van der Waals surface area contributed by atoms with Crippen molar-refractivity contribution in [1.29, 1.82) is 0 Å². The van der Waals surface area contributed by atoms with Crippen LogP contribution in [0.25, 0.3) is 27.5 Å². The molecule has 3 aromatic heterocycles. The molecule has 0 aliphatic heterocycles. The number of furan rings is 1. The molecule has 1 N–H and O–H groups in total. The number of nitrogens with zero attached hydrogens (tertiary/aromatic N) is 3. The van der Waals surface area contributed by atoms with E-state index in [1.54, 1.807) is 12.5 Å². The highest BCUT2D eigenvalue weighted by molar-refractivity contribution is 5.99. The predicted octanol–water partition coefficient (Wildman–Crippen LogP) is 4.75. The van der Waals surface area contributed by atoms with Gasteiger partial charge in [-0.05, 0) is 34.5 Å². The quantitative estimate of drug-likeness (QED) is 0.513. The number of hydrogen-bond donors (Lipinski definition) is 1. The van der Waals surface area contributed by atoms with E-state index < -0.39 is 0 Å². The Balaban J connectivity index is 1.60. The number of hydrogen-bond acceptors (Lipinski definition) is 4. The molecule has 0 unspecified atom stereocenters. The molecule has 5 nitrogen and oxygen atoms in total. The van der Waals surface area contributed by atoms with E-state index in [1.165, 1.54) is 10.8 Å². The summed E-state index contributed by atoms with van der Waals surface area (Å²) >= 11 is 0. The molecule has 3 heterocycles. The molecular weight excluding hydrogens is 324 g/mol. The Bertz CT molecular complexity index is 1190. The lowest BCUT2D eigenvalue weighted by Gasteiger charge is -2.08. The molecule has 0 saturated heterocycles. The van der Waals surface area contributed by atoms with Crippen LogP contribution in [0.2, 0.25) is 0 Å². The zero-order valence-electron chi connectivity index (χ0n) is 14.0. The molecule has 5 rings (SSSR count). The van der Waals surface area contributed by atoms with Crippen molar-refractivity contribution in [3.63, 3.8) is 0 Å². The van der Waals surface area contributed by atoms with Gasteiger partial charge in [0.25, 0.3) is 0 Å². The largest absolute Gasteiger partial charge is 0.467 e. The van der Waals surface area contributed by atoms with E-state index >= 15 is 0 Å². The molecule has 126 valence electrons. The van der Waals surface area contributed by atoms with Gasteiger partial charge in [0, 0.05) is 11.8 Å². The van der Waals surface area contributed by atoms with Crippen LogP contribution in [0, 0.1) is 0 Å². The van der Waals surface area contributed by atoms with Gasteiger partial charge in [-0.15, -0.1) is 0 Å². The molecule has 5 heteroatoms. The van der Waals surface area contributed by atoms with Gasteiger partial charge in [0.15, 0.2) is 5.65 Å². The molecule has 5 aromatic rings. The van der Waals surface area contributed by atoms with Gasteiger partial charge in [0.2, 0.25) is 0 Å². The summed E-state index contributed by atoms with van der Waals surface area (Å²) in [5.74, 6) is 1.74. The Morgan fingerprint density at radius 1 is 0.923 bits per heavy atom. The third kappa shape index (κ3) is 2.41. The number of aromatic nitrogens is 3. The second-order valence-electron chi connectivity index (χ2n) is 6.08. The maximum Gasteiger partial charge on any atom is 0.165 e. The summed E-state index contributed by atoms with van der Waals surface area (Å²) in [5.41, 5.74) is 2.98. The Morgan fingerprint density at radius 2 is 1.85 bits per heavy atom.